The summed E-state index contributed by atoms with van der Waals surface area (Å²) in [6.07, 6.45) is 0.843. The molecule has 0 saturated carbocycles. The number of nitrogens with zero attached hydrogens (tertiary/aromatic N) is 1. The number of carbonyl (C=O) groups excluding carboxylic acids is 1. The van der Waals surface area contributed by atoms with E-state index in [9.17, 15) is 9.90 Å². The van der Waals surface area contributed by atoms with Crippen molar-refractivity contribution in [2.75, 3.05) is 26.2 Å². The molecule has 184 valence electrons. The summed E-state index contributed by atoms with van der Waals surface area (Å²) >= 11 is 1.79. The molecule has 2 aliphatic heterocycles. The van der Waals surface area contributed by atoms with Crippen LogP contribution in [0.25, 0.3) is 10.4 Å². The number of rotatable bonds is 8. The topological polar surface area (TPSA) is 73.8 Å². The molecular formula is C28H33N3O3S. The van der Waals surface area contributed by atoms with Gasteiger partial charge in [-0.05, 0) is 67.3 Å². The van der Waals surface area contributed by atoms with E-state index in [0.29, 0.717) is 5.56 Å². The second-order valence-corrected chi connectivity index (χ2v) is 10.8. The first-order valence-corrected chi connectivity index (χ1v) is 13.1. The molecule has 1 aromatic heterocycles. The first-order chi connectivity index (χ1) is 16.9. The third-order valence-corrected chi connectivity index (χ3v) is 7.93. The van der Waals surface area contributed by atoms with Crippen LogP contribution in [0.15, 0.2) is 54.6 Å². The zero-order chi connectivity index (χ0) is 24.4. The Kier molecular flexibility index (Phi) is 7.20. The molecule has 6 nitrogen and oxygen atoms in total. The van der Waals surface area contributed by atoms with Crippen LogP contribution < -0.4 is 15.4 Å². The van der Waals surface area contributed by atoms with Crippen LogP contribution in [0.5, 0.6) is 5.75 Å². The van der Waals surface area contributed by atoms with Gasteiger partial charge in [0.15, 0.2) is 0 Å². The van der Waals surface area contributed by atoms with Crippen molar-refractivity contribution < 1.29 is 14.6 Å². The van der Waals surface area contributed by atoms with Gasteiger partial charge in [0.05, 0.1) is 12.1 Å². The van der Waals surface area contributed by atoms with Crippen LogP contribution >= 0.6 is 11.3 Å². The van der Waals surface area contributed by atoms with Gasteiger partial charge < -0.3 is 20.5 Å². The average Bonchev–Trinajstić information content (AvgIpc) is 3.46. The van der Waals surface area contributed by atoms with Gasteiger partial charge in [-0.1, -0.05) is 24.3 Å². The van der Waals surface area contributed by atoms with Crippen molar-refractivity contribution in [3.8, 4) is 16.2 Å². The Hall–Kier alpha value is -2.71. The van der Waals surface area contributed by atoms with Gasteiger partial charge in [-0.25, -0.2) is 0 Å². The molecule has 0 bridgehead atoms. The first-order valence-electron chi connectivity index (χ1n) is 12.3. The molecule has 2 fully saturated rings. The Bertz CT molecular complexity index is 1190. The van der Waals surface area contributed by atoms with Crippen LogP contribution in [-0.4, -0.2) is 54.3 Å². The number of benzene rings is 2. The summed E-state index contributed by atoms with van der Waals surface area (Å²) in [5.74, 6) is 0.641. The number of aryl methyl sites for hydroxylation is 1. The van der Waals surface area contributed by atoms with Crippen molar-refractivity contribution in [3.63, 3.8) is 0 Å². The zero-order valence-electron chi connectivity index (χ0n) is 20.3. The number of hydrogen-bond acceptors (Lipinski definition) is 6. The molecule has 5 rings (SSSR count). The lowest BCUT2D eigenvalue weighted by Gasteiger charge is -2.28. The highest BCUT2D eigenvalue weighted by Gasteiger charge is 2.22. The molecule has 2 atom stereocenters. The Labute approximate surface area is 210 Å². The van der Waals surface area contributed by atoms with Gasteiger partial charge >= 0.3 is 0 Å². The Morgan fingerprint density at radius 2 is 2.09 bits per heavy atom. The first kappa shape index (κ1) is 24.0. The van der Waals surface area contributed by atoms with Crippen molar-refractivity contribution in [1.29, 1.82) is 0 Å². The summed E-state index contributed by atoms with van der Waals surface area (Å²) in [5, 5.41) is 16.1. The lowest BCUT2D eigenvalue weighted by atomic mass is 10.0. The molecule has 2 saturated heterocycles. The third kappa shape index (κ3) is 5.76. The quantitative estimate of drug-likeness (QED) is 0.442. The van der Waals surface area contributed by atoms with Gasteiger partial charge in [0.2, 0.25) is 0 Å². The van der Waals surface area contributed by atoms with Crippen LogP contribution in [0, 0.1) is 6.92 Å². The maximum absolute atomic E-state index is 13.1. The van der Waals surface area contributed by atoms with Crippen molar-refractivity contribution in [1.82, 2.24) is 15.5 Å². The van der Waals surface area contributed by atoms with Crippen LogP contribution in [0.3, 0.4) is 0 Å². The largest absolute Gasteiger partial charge is 0.488 e. The highest BCUT2D eigenvalue weighted by atomic mass is 32.1. The standard InChI is InChI=1S/C28H33N3O3S/c1-18-6-7-23(34-24-14-29-15-24)13-26(18)28(33)30-19(2)20-4-3-5-21(12-20)27-9-8-25(35-27)17-31-11-10-22(32)16-31/h3-9,12-13,19,22,24,29,32H,10-11,14-17H2,1-2H3,(H,30,33)/t19-,22+/m1/s1. The van der Waals surface area contributed by atoms with E-state index in [0.717, 1.165) is 61.6 Å². The van der Waals surface area contributed by atoms with Crippen LogP contribution in [0.2, 0.25) is 0 Å². The predicted molar refractivity (Wildman–Crippen MR) is 140 cm³/mol. The van der Waals surface area contributed by atoms with Crippen LogP contribution in [0.4, 0.5) is 0 Å². The molecule has 0 radical (unpaired) electrons. The van der Waals surface area contributed by atoms with Gasteiger partial charge in [0, 0.05) is 48.0 Å². The molecule has 35 heavy (non-hydrogen) atoms. The minimum Gasteiger partial charge on any atom is -0.488 e. The van der Waals surface area contributed by atoms with Crippen LogP contribution in [0.1, 0.15) is 45.7 Å². The lowest BCUT2D eigenvalue weighted by Crippen LogP contribution is -2.50. The fraction of sp³-hybridized carbons (Fsp3) is 0.393. The molecule has 1 amide bonds. The molecule has 0 spiro atoms. The van der Waals surface area contributed by atoms with E-state index < -0.39 is 0 Å². The summed E-state index contributed by atoms with van der Waals surface area (Å²) in [4.78, 5) is 17.9. The summed E-state index contributed by atoms with van der Waals surface area (Å²) in [6, 6.07) is 18.3. The number of aliphatic hydroxyl groups excluding tert-OH is 1. The maximum atomic E-state index is 13.1. The number of hydrogen-bond donors (Lipinski definition) is 3. The van der Waals surface area contributed by atoms with Crippen molar-refractivity contribution >= 4 is 17.2 Å². The Balaban J connectivity index is 1.25. The SMILES string of the molecule is Cc1ccc(OC2CNC2)cc1C(=O)N[C@H](C)c1cccc(-c2ccc(CN3CC[C@H](O)C3)s2)c1. The van der Waals surface area contributed by atoms with Gasteiger partial charge in [-0.15, -0.1) is 11.3 Å². The number of nitrogens with one attached hydrogen (secondary N) is 2. The second kappa shape index (κ2) is 10.5. The molecule has 3 N–H and O–H groups in total. The number of β-amino-alcohol motifs (C(OH)–C–C–N with tert-alkyl or cyclic N) is 1. The molecule has 7 heteroatoms. The minimum absolute atomic E-state index is 0.0937. The van der Waals surface area contributed by atoms with Crippen LogP contribution in [-0.2, 0) is 6.54 Å². The van der Waals surface area contributed by atoms with E-state index in [-0.39, 0.29) is 24.2 Å². The fourth-order valence-electron chi connectivity index (χ4n) is 4.57. The maximum Gasteiger partial charge on any atom is 0.252 e. The minimum atomic E-state index is -0.193. The Morgan fingerprint density at radius 3 is 2.83 bits per heavy atom. The zero-order valence-corrected chi connectivity index (χ0v) is 21.1. The third-order valence-electron chi connectivity index (χ3n) is 6.81. The second-order valence-electron chi connectivity index (χ2n) is 9.64. The summed E-state index contributed by atoms with van der Waals surface area (Å²) in [7, 11) is 0. The summed E-state index contributed by atoms with van der Waals surface area (Å²) < 4.78 is 5.94. The average molecular weight is 492 g/mol. The number of amides is 1. The van der Waals surface area contributed by atoms with E-state index in [4.69, 9.17) is 4.74 Å². The number of aliphatic hydroxyl groups is 1. The molecule has 2 aliphatic rings. The van der Waals surface area contributed by atoms with E-state index in [1.807, 2.05) is 32.0 Å². The summed E-state index contributed by atoms with van der Waals surface area (Å²) in [6.45, 7) is 8.25. The van der Waals surface area contributed by atoms with Crippen molar-refractivity contribution in [3.05, 3.63) is 76.2 Å². The smallest absolute Gasteiger partial charge is 0.252 e. The molecular weight excluding hydrogens is 458 g/mol. The predicted octanol–water partition coefficient (Wildman–Crippen LogP) is 4.13. The normalized spacial score (nSPS) is 19.3. The monoisotopic (exact) mass is 491 g/mol. The lowest BCUT2D eigenvalue weighted by molar-refractivity contribution is 0.0937. The van der Waals surface area contributed by atoms with Gasteiger partial charge in [0.1, 0.15) is 11.9 Å². The van der Waals surface area contributed by atoms with Crippen molar-refractivity contribution in [2.24, 2.45) is 0 Å². The van der Waals surface area contributed by atoms with E-state index in [1.165, 1.54) is 9.75 Å². The molecule has 2 aromatic carbocycles. The molecule has 3 heterocycles. The molecule has 0 aliphatic carbocycles. The van der Waals surface area contributed by atoms with E-state index in [2.05, 4.69) is 51.9 Å². The van der Waals surface area contributed by atoms with Gasteiger partial charge in [0.25, 0.3) is 5.91 Å². The Morgan fingerprint density at radius 1 is 1.23 bits per heavy atom. The van der Waals surface area contributed by atoms with Gasteiger partial charge in [-0.3, -0.25) is 9.69 Å². The molecule has 0 unspecified atom stereocenters. The molecule has 3 aromatic rings. The number of carbonyl (C=O) groups is 1. The number of ether oxygens (including phenoxy) is 1. The fourth-order valence-corrected chi connectivity index (χ4v) is 5.62. The van der Waals surface area contributed by atoms with Crippen molar-refractivity contribution in [2.45, 2.75) is 45.1 Å². The summed E-state index contributed by atoms with van der Waals surface area (Å²) in [5.41, 5.74) is 3.80. The van der Waals surface area contributed by atoms with E-state index >= 15 is 0 Å². The van der Waals surface area contributed by atoms with Gasteiger partial charge in [-0.2, -0.15) is 0 Å². The highest BCUT2D eigenvalue weighted by Crippen LogP contribution is 2.31. The van der Waals surface area contributed by atoms with E-state index in [1.54, 1.807) is 11.3 Å². The number of thiophene rings is 1. The number of likely N-dealkylation sites (tertiary alicyclic amines) is 1. The highest BCUT2D eigenvalue weighted by molar-refractivity contribution is 7.15.